The van der Waals surface area contributed by atoms with Gasteiger partial charge in [-0.05, 0) is 28.8 Å². The molecule has 3 aromatic carbocycles. The second-order valence-electron chi connectivity index (χ2n) is 8.24. The molecule has 0 amide bonds. The minimum absolute atomic E-state index is 0.183. The van der Waals surface area contributed by atoms with Crippen molar-refractivity contribution < 1.29 is 28.5 Å². The van der Waals surface area contributed by atoms with Crippen LogP contribution in [0.3, 0.4) is 0 Å². The smallest absolute Gasteiger partial charge is 0.312 e. The first-order chi connectivity index (χ1) is 16.3. The Balaban J connectivity index is 1.30. The minimum Gasteiger partial charge on any atom is -0.457 e. The van der Waals surface area contributed by atoms with Gasteiger partial charge in [0.05, 0.1) is 32.3 Å². The highest BCUT2D eigenvalue weighted by Gasteiger charge is 2.46. The molecule has 6 heteroatoms. The summed E-state index contributed by atoms with van der Waals surface area (Å²) in [5, 5.41) is 0. The molecule has 0 radical (unpaired) electrons. The maximum atomic E-state index is 12.9. The largest absolute Gasteiger partial charge is 0.457 e. The lowest BCUT2D eigenvalue weighted by atomic mass is 9.88. The van der Waals surface area contributed by atoms with Gasteiger partial charge in [0.1, 0.15) is 6.10 Å². The first-order valence-corrected chi connectivity index (χ1v) is 11.1. The van der Waals surface area contributed by atoms with Crippen molar-refractivity contribution in [3.05, 3.63) is 95.6 Å². The van der Waals surface area contributed by atoms with E-state index >= 15 is 0 Å². The number of fused-ring (bicyclic) bond motifs is 1. The molecule has 0 unspecified atom stereocenters. The first-order valence-electron chi connectivity index (χ1n) is 11.1. The van der Waals surface area contributed by atoms with Gasteiger partial charge in [0.15, 0.2) is 11.5 Å². The van der Waals surface area contributed by atoms with Crippen LogP contribution in [-0.2, 0) is 32.2 Å². The lowest BCUT2D eigenvalue weighted by Crippen LogP contribution is -2.26. The lowest BCUT2D eigenvalue weighted by molar-refractivity contribution is -0.146. The van der Waals surface area contributed by atoms with Gasteiger partial charge in [-0.15, -0.1) is 0 Å². The average molecular weight is 446 g/mol. The van der Waals surface area contributed by atoms with Crippen LogP contribution in [0.1, 0.15) is 22.8 Å². The van der Waals surface area contributed by atoms with Gasteiger partial charge in [0, 0.05) is 5.92 Å². The van der Waals surface area contributed by atoms with Crippen molar-refractivity contribution in [2.24, 2.45) is 11.8 Å². The number of esters is 1. The molecule has 2 aliphatic heterocycles. The van der Waals surface area contributed by atoms with E-state index in [9.17, 15) is 4.79 Å². The molecular formula is C27H26O6. The summed E-state index contributed by atoms with van der Waals surface area (Å²) in [7, 11) is 0. The summed E-state index contributed by atoms with van der Waals surface area (Å²) in [5.74, 6) is 0.496. The summed E-state index contributed by atoms with van der Waals surface area (Å²) in [6.45, 7) is 1.75. The van der Waals surface area contributed by atoms with Gasteiger partial charge < -0.3 is 23.7 Å². The summed E-state index contributed by atoms with van der Waals surface area (Å²) in [6.07, 6.45) is -0.437. The van der Waals surface area contributed by atoms with Gasteiger partial charge in [0.25, 0.3) is 0 Å². The van der Waals surface area contributed by atoms with Crippen LogP contribution in [0, 0.1) is 11.8 Å². The zero-order valence-electron chi connectivity index (χ0n) is 18.2. The number of hydrogen-bond acceptors (Lipinski definition) is 6. The van der Waals surface area contributed by atoms with Crippen molar-refractivity contribution in [1.29, 1.82) is 0 Å². The highest BCUT2D eigenvalue weighted by Crippen LogP contribution is 2.43. The molecule has 0 aromatic heterocycles. The van der Waals surface area contributed by atoms with Crippen LogP contribution in [0.15, 0.2) is 78.9 Å². The van der Waals surface area contributed by atoms with Crippen LogP contribution in [0.25, 0.3) is 0 Å². The minimum atomic E-state index is -0.437. The topological polar surface area (TPSA) is 63.2 Å². The van der Waals surface area contributed by atoms with E-state index in [0.717, 1.165) is 16.7 Å². The highest BCUT2D eigenvalue weighted by atomic mass is 16.7. The molecular weight excluding hydrogens is 420 g/mol. The second-order valence-corrected chi connectivity index (χ2v) is 8.24. The van der Waals surface area contributed by atoms with E-state index in [0.29, 0.717) is 31.3 Å². The van der Waals surface area contributed by atoms with E-state index < -0.39 is 12.0 Å². The van der Waals surface area contributed by atoms with Gasteiger partial charge >= 0.3 is 5.97 Å². The van der Waals surface area contributed by atoms with Crippen molar-refractivity contribution in [2.45, 2.75) is 19.3 Å². The summed E-state index contributed by atoms with van der Waals surface area (Å²) in [4.78, 5) is 12.9. The number of carbonyl (C=O) groups excluding carboxylic acids is 1. The van der Waals surface area contributed by atoms with E-state index in [2.05, 4.69) is 0 Å². The van der Waals surface area contributed by atoms with Crippen LogP contribution >= 0.6 is 0 Å². The van der Waals surface area contributed by atoms with Gasteiger partial charge in [-0.25, -0.2) is 0 Å². The number of carbonyl (C=O) groups is 1. The molecule has 1 saturated heterocycles. The molecule has 33 heavy (non-hydrogen) atoms. The highest BCUT2D eigenvalue weighted by molar-refractivity contribution is 5.76. The van der Waals surface area contributed by atoms with Crippen LogP contribution in [0.5, 0.6) is 11.5 Å². The first kappa shape index (κ1) is 21.5. The van der Waals surface area contributed by atoms with E-state index in [-0.39, 0.29) is 25.3 Å². The Labute approximate surface area is 193 Å². The third-order valence-corrected chi connectivity index (χ3v) is 6.01. The Bertz CT molecular complexity index is 1070. The Kier molecular flexibility index (Phi) is 6.56. The second kappa shape index (κ2) is 10.1. The Morgan fingerprint density at radius 3 is 2.09 bits per heavy atom. The molecule has 0 spiro atoms. The molecule has 5 rings (SSSR count). The molecule has 3 aromatic rings. The molecule has 0 bridgehead atoms. The standard InChI is InChI=1S/C27H26O6/c28-27-23(17-30-15-20-9-5-2-6-10-20)22(16-29-14-19-7-3-1-4-8-19)26(33-27)21-11-12-24-25(13-21)32-18-31-24/h1-13,22-23,26H,14-18H2/t22-,23-,26-/m1/s1. The molecule has 6 nitrogen and oxygen atoms in total. The fourth-order valence-electron chi connectivity index (χ4n) is 4.25. The van der Waals surface area contributed by atoms with Crippen LogP contribution in [0.4, 0.5) is 0 Å². The zero-order valence-corrected chi connectivity index (χ0v) is 18.2. The predicted molar refractivity (Wildman–Crippen MR) is 121 cm³/mol. The molecule has 2 aliphatic rings. The molecule has 2 heterocycles. The quantitative estimate of drug-likeness (QED) is 0.445. The Morgan fingerprint density at radius 1 is 0.758 bits per heavy atom. The van der Waals surface area contributed by atoms with Crippen LogP contribution < -0.4 is 9.47 Å². The number of ether oxygens (including phenoxy) is 5. The summed E-state index contributed by atoms with van der Waals surface area (Å²) in [5.41, 5.74) is 3.01. The van der Waals surface area contributed by atoms with Gasteiger partial charge in [0.2, 0.25) is 6.79 Å². The third kappa shape index (κ3) is 5.02. The lowest BCUT2D eigenvalue weighted by Gasteiger charge is -2.22. The Morgan fingerprint density at radius 2 is 1.39 bits per heavy atom. The zero-order chi connectivity index (χ0) is 22.5. The number of rotatable bonds is 9. The molecule has 0 N–H and O–H groups in total. The van der Waals surface area contributed by atoms with Crippen molar-refractivity contribution in [3.8, 4) is 11.5 Å². The van der Waals surface area contributed by atoms with Gasteiger partial charge in [-0.2, -0.15) is 0 Å². The van der Waals surface area contributed by atoms with Gasteiger partial charge in [-0.3, -0.25) is 4.79 Å². The van der Waals surface area contributed by atoms with Gasteiger partial charge in [-0.1, -0.05) is 66.7 Å². The molecule has 1 fully saturated rings. The number of cyclic esters (lactones) is 1. The molecule has 0 aliphatic carbocycles. The van der Waals surface area contributed by atoms with Crippen molar-refractivity contribution in [3.63, 3.8) is 0 Å². The summed E-state index contributed by atoms with van der Waals surface area (Å²) >= 11 is 0. The molecule has 170 valence electrons. The average Bonchev–Trinajstić information content (AvgIpc) is 3.45. The SMILES string of the molecule is O=C1O[C@H](c2ccc3c(c2)OCO3)[C@H](COCc2ccccc2)[C@H]1COCc1ccccc1. The predicted octanol–water partition coefficient (Wildman–Crippen LogP) is 4.68. The van der Waals surface area contributed by atoms with Crippen molar-refractivity contribution in [2.75, 3.05) is 20.0 Å². The summed E-state index contributed by atoms with van der Waals surface area (Å²) in [6, 6.07) is 25.6. The van der Waals surface area contributed by atoms with E-state index in [1.54, 1.807) is 0 Å². The van der Waals surface area contributed by atoms with E-state index in [1.165, 1.54) is 0 Å². The van der Waals surface area contributed by atoms with E-state index in [1.807, 2.05) is 78.9 Å². The fourth-order valence-corrected chi connectivity index (χ4v) is 4.25. The number of hydrogen-bond donors (Lipinski definition) is 0. The number of benzene rings is 3. The normalized spacial score (nSPS) is 21.2. The maximum Gasteiger partial charge on any atom is 0.312 e. The van der Waals surface area contributed by atoms with E-state index in [4.69, 9.17) is 23.7 Å². The molecule has 0 saturated carbocycles. The monoisotopic (exact) mass is 446 g/mol. The summed E-state index contributed by atoms with van der Waals surface area (Å²) < 4.78 is 28.8. The van der Waals surface area contributed by atoms with Crippen molar-refractivity contribution in [1.82, 2.24) is 0 Å². The maximum absolute atomic E-state index is 12.9. The van der Waals surface area contributed by atoms with Crippen LogP contribution in [-0.4, -0.2) is 26.0 Å². The van der Waals surface area contributed by atoms with Crippen molar-refractivity contribution >= 4 is 5.97 Å². The van der Waals surface area contributed by atoms with Crippen LogP contribution in [0.2, 0.25) is 0 Å². The Hall–Kier alpha value is -3.35. The molecule has 3 atom stereocenters. The third-order valence-electron chi connectivity index (χ3n) is 6.01. The fraction of sp³-hybridized carbons (Fsp3) is 0.296.